The standard InChI is InChI=1S/C14H19N3O/c1-11-5-7-17(10-14(11)18-2)9-12-4-3-6-16-13(12)8-15/h3-4,6,11,14H,5,7,9-10H2,1-2H3. The summed E-state index contributed by atoms with van der Waals surface area (Å²) in [6.45, 7) is 5.00. The van der Waals surface area contributed by atoms with E-state index < -0.39 is 0 Å². The van der Waals surface area contributed by atoms with E-state index in [0.717, 1.165) is 31.6 Å². The Hall–Kier alpha value is -1.44. The second-order valence-electron chi connectivity index (χ2n) is 4.90. The van der Waals surface area contributed by atoms with Crippen LogP contribution in [0.2, 0.25) is 0 Å². The summed E-state index contributed by atoms with van der Waals surface area (Å²) >= 11 is 0. The molecule has 1 aromatic heterocycles. The third-order valence-electron chi connectivity index (χ3n) is 3.67. The van der Waals surface area contributed by atoms with E-state index in [-0.39, 0.29) is 0 Å². The van der Waals surface area contributed by atoms with Crippen LogP contribution in [0.1, 0.15) is 24.6 Å². The number of nitriles is 1. The van der Waals surface area contributed by atoms with Gasteiger partial charge in [0.2, 0.25) is 0 Å². The van der Waals surface area contributed by atoms with Gasteiger partial charge in [-0.2, -0.15) is 5.26 Å². The van der Waals surface area contributed by atoms with Crippen molar-refractivity contribution >= 4 is 0 Å². The van der Waals surface area contributed by atoms with Crippen molar-refractivity contribution in [2.24, 2.45) is 5.92 Å². The summed E-state index contributed by atoms with van der Waals surface area (Å²) in [5.74, 6) is 0.607. The second-order valence-corrected chi connectivity index (χ2v) is 4.90. The van der Waals surface area contributed by atoms with Crippen LogP contribution in [0.3, 0.4) is 0 Å². The lowest BCUT2D eigenvalue weighted by atomic mass is 9.95. The van der Waals surface area contributed by atoms with Crippen LogP contribution in [-0.4, -0.2) is 36.2 Å². The Kier molecular flexibility index (Phi) is 4.29. The van der Waals surface area contributed by atoms with Crippen molar-refractivity contribution in [2.75, 3.05) is 20.2 Å². The van der Waals surface area contributed by atoms with Crippen LogP contribution in [0.15, 0.2) is 18.3 Å². The predicted octanol–water partition coefficient (Wildman–Crippen LogP) is 1.81. The van der Waals surface area contributed by atoms with Crippen LogP contribution in [0.4, 0.5) is 0 Å². The first kappa shape index (κ1) is 13.0. The van der Waals surface area contributed by atoms with Gasteiger partial charge in [0.25, 0.3) is 0 Å². The maximum atomic E-state index is 9.03. The topological polar surface area (TPSA) is 49.1 Å². The predicted molar refractivity (Wildman–Crippen MR) is 68.8 cm³/mol. The van der Waals surface area contributed by atoms with E-state index in [2.05, 4.69) is 22.9 Å². The van der Waals surface area contributed by atoms with Gasteiger partial charge in [-0.15, -0.1) is 0 Å². The Balaban J connectivity index is 2.04. The van der Waals surface area contributed by atoms with Crippen molar-refractivity contribution in [3.8, 4) is 6.07 Å². The van der Waals surface area contributed by atoms with E-state index in [1.54, 1.807) is 13.3 Å². The minimum absolute atomic E-state index is 0.293. The van der Waals surface area contributed by atoms with Gasteiger partial charge < -0.3 is 4.74 Å². The Labute approximate surface area is 108 Å². The largest absolute Gasteiger partial charge is 0.380 e. The number of rotatable bonds is 3. The molecule has 18 heavy (non-hydrogen) atoms. The van der Waals surface area contributed by atoms with Crippen molar-refractivity contribution in [3.63, 3.8) is 0 Å². The number of pyridine rings is 1. The first-order valence-corrected chi connectivity index (χ1v) is 6.33. The van der Waals surface area contributed by atoms with Crippen LogP contribution >= 0.6 is 0 Å². The minimum Gasteiger partial charge on any atom is -0.380 e. The van der Waals surface area contributed by atoms with Crippen molar-refractivity contribution < 1.29 is 4.74 Å². The third-order valence-corrected chi connectivity index (χ3v) is 3.67. The van der Waals surface area contributed by atoms with Gasteiger partial charge in [-0.1, -0.05) is 13.0 Å². The van der Waals surface area contributed by atoms with Crippen molar-refractivity contribution in [3.05, 3.63) is 29.6 Å². The first-order valence-electron chi connectivity index (χ1n) is 6.33. The molecule has 2 atom stereocenters. The molecular formula is C14H19N3O. The average Bonchev–Trinajstić information content (AvgIpc) is 2.41. The Bertz CT molecular complexity index is 441. The lowest BCUT2D eigenvalue weighted by Crippen LogP contribution is -2.43. The van der Waals surface area contributed by atoms with Crippen molar-refractivity contribution in [1.29, 1.82) is 5.26 Å². The van der Waals surface area contributed by atoms with E-state index >= 15 is 0 Å². The summed E-state index contributed by atoms with van der Waals surface area (Å²) < 4.78 is 5.51. The van der Waals surface area contributed by atoms with Crippen LogP contribution in [-0.2, 0) is 11.3 Å². The Morgan fingerprint density at radius 1 is 1.61 bits per heavy atom. The zero-order chi connectivity index (χ0) is 13.0. The van der Waals surface area contributed by atoms with E-state index in [4.69, 9.17) is 10.00 Å². The summed E-state index contributed by atoms with van der Waals surface area (Å²) in [6, 6.07) is 6.01. The van der Waals surface area contributed by atoms with Gasteiger partial charge in [0.15, 0.2) is 0 Å². The van der Waals surface area contributed by atoms with Gasteiger partial charge in [0, 0.05) is 32.0 Å². The maximum Gasteiger partial charge on any atom is 0.144 e. The quantitative estimate of drug-likeness (QED) is 0.815. The zero-order valence-electron chi connectivity index (χ0n) is 11.0. The smallest absolute Gasteiger partial charge is 0.144 e. The first-order chi connectivity index (χ1) is 8.74. The lowest BCUT2D eigenvalue weighted by Gasteiger charge is -2.36. The molecule has 0 saturated carbocycles. The van der Waals surface area contributed by atoms with Crippen LogP contribution in [0.5, 0.6) is 0 Å². The SMILES string of the molecule is COC1CN(Cc2cccnc2C#N)CCC1C. The van der Waals surface area contributed by atoms with Crippen molar-refractivity contribution in [2.45, 2.75) is 26.0 Å². The highest BCUT2D eigenvalue weighted by molar-refractivity contribution is 5.30. The molecule has 0 spiro atoms. The zero-order valence-corrected chi connectivity index (χ0v) is 11.0. The highest BCUT2D eigenvalue weighted by Crippen LogP contribution is 2.21. The number of hydrogen-bond donors (Lipinski definition) is 0. The Morgan fingerprint density at radius 2 is 2.44 bits per heavy atom. The summed E-state index contributed by atoms with van der Waals surface area (Å²) in [6.07, 6.45) is 3.10. The molecule has 1 fully saturated rings. The molecule has 0 aromatic carbocycles. The van der Waals surface area contributed by atoms with Crippen LogP contribution in [0, 0.1) is 17.2 Å². The monoisotopic (exact) mass is 245 g/mol. The molecular weight excluding hydrogens is 226 g/mol. The molecule has 2 unspecified atom stereocenters. The fourth-order valence-corrected chi connectivity index (χ4v) is 2.46. The normalized spacial score (nSPS) is 24.7. The number of piperidine rings is 1. The molecule has 1 aromatic rings. The summed E-state index contributed by atoms with van der Waals surface area (Å²) in [4.78, 5) is 6.44. The van der Waals surface area contributed by atoms with Crippen LogP contribution in [0.25, 0.3) is 0 Å². The van der Waals surface area contributed by atoms with Crippen molar-refractivity contribution in [1.82, 2.24) is 9.88 Å². The summed E-state index contributed by atoms with van der Waals surface area (Å²) in [5.41, 5.74) is 1.54. The molecule has 4 nitrogen and oxygen atoms in total. The molecule has 0 amide bonds. The van der Waals surface area contributed by atoms with Gasteiger partial charge in [-0.25, -0.2) is 4.98 Å². The summed E-state index contributed by atoms with van der Waals surface area (Å²) in [5, 5.41) is 9.03. The molecule has 1 aliphatic heterocycles. The molecule has 0 N–H and O–H groups in total. The number of hydrogen-bond acceptors (Lipinski definition) is 4. The van der Waals surface area contributed by atoms with E-state index in [1.807, 2.05) is 12.1 Å². The number of aromatic nitrogens is 1. The minimum atomic E-state index is 0.293. The third kappa shape index (κ3) is 2.87. The molecule has 4 heteroatoms. The molecule has 2 rings (SSSR count). The molecule has 0 bridgehead atoms. The highest BCUT2D eigenvalue weighted by Gasteiger charge is 2.26. The van der Waals surface area contributed by atoms with E-state index in [0.29, 0.717) is 17.7 Å². The number of methoxy groups -OCH3 is 1. The number of ether oxygens (including phenoxy) is 1. The number of nitrogens with zero attached hydrogens (tertiary/aromatic N) is 3. The number of likely N-dealkylation sites (tertiary alicyclic amines) is 1. The fraction of sp³-hybridized carbons (Fsp3) is 0.571. The van der Waals surface area contributed by atoms with E-state index in [1.165, 1.54) is 0 Å². The molecule has 2 heterocycles. The maximum absolute atomic E-state index is 9.03. The molecule has 1 aliphatic rings. The highest BCUT2D eigenvalue weighted by atomic mass is 16.5. The van der Waals surface area contributed by atoms with E-state index in [9.17, 15) is 0 Å². The Morgan fingerprint density at radius 3 is 3.17 bits per heavy atom. The lowest BCUT2D eigenvalue weighted by molar-refractivity contribution is -0.00749. The van der Waals surface area contributed by atoms with Gasteiger partial charge in [-0.05, 0) is 24.9 Å². The van der Waals surface area contributed by atoms with Gasteiger partial charge in [-0.3, -0.25) is 4.90 Å². The molecule has 0 aliphatic carbocycles. The average molecular weight is 245 g/mol. The summed E-state index contributed by atoms with van der Waals surface area (Å²) in [7, 11) is 1.77. The molecule has 0 radical (unpaired) electrons. The van der Waals surface area contributed by atoms with Gasteiger partial charge in [0.05, 0.1) is 6.10 Å². The fourth-order valence-electron chi connectivity index (χ4n) is 2.46. The van der Waals surface area contributed by atoms with Gasteiger partial charge in [0.1, 0.15) is 11.8 Å². The molecule has 96 valence electrons. The second kappa shape index (κ2) is 5.94. The molecule has 1 saturated heterocycles. The van der Waals surface area contributed by atoms with Gasteiger partial charge >= 0.3 is 0 Å². The van der Waals surface area contributed by atoms with Crippen LogP contribution < -0.4 is 0 Å².